The fraction of sp³-hybridized carbons (Fsp3) is 0.750. The SMILES string of the molecule is Cc1nn(C)c(OCCC2CCCCN2)c1[N+](=O)[O-]. The Balaban J connectivity index is 1.93. The predicted molar refractivity (Wildman–Crippen MR) is 70.4 cm³/mol. The van der Waals surface area contributed by atoms with Gasteiger partial charge in [0.25, 0.3) is 5.88 Å². The van der Waals surface area contributed by atoms with Gasteiger partial charge in [0.2, 0.25) is 0 Å². The Labute approximate surface area is 112 Å². The Bertz CT molecular complexity index is 452. The number of hydrogen-bond donors (Lipinski definition) is 1. The van der Waals surface area contributed by atoms with E-state index in [2.05, 4.69) is 10.4 Å². The fourth-order valence-corrected chi connectivity index (χ4v) is 2.47. The van der Waals surface area contributed by atoms with Crippen LogP contribution >= 0.6 is 0 Å². The van der Waals surface area contributed by atoms with E-state index in [0.29, 0.717) is 18.3 Å². The van der Waals surface area contributed by atoms with Crippen LogP contribution in [0.3, 0.4) is 0 Å². The van der Waals surface area contributed by atoms with Gasteiger partial charge < -0.3 is 10.1 Å². The summed E-state index contributed by atoms with van der Waals surface area (Å²) in [6.07, 6.45) is 4.48. The molecule has 7 heteroatoms. The van der Waals surface area contributed by atoms with Gasteiger partial charge in [0.15, 0.2) is 0 Å². The molecule has 2 heterocycles. The summed E-state index contributed by atoms with van der Waals surface area (Å²) in [4.78, 5) is 10.5. The smallest absolute Gasteiger partial charge is 0.353 e. The van der Waals surface area contributed by atoms with Gasteiger partial charge >= 0.3 is 5.69 Å². The standard InChI is InChI=1S/C12H20N4O3/c1-9-11(16(17)18)12(15(2)14-9)19-8-6-10-5-3-4-7-13-10/h10,13H,3-8H2,1-2H3. The van der Waals surface area contributed by atoms with Crippen LogP contribution in [0.4, 0.5) is 5.69 Å². The first-order valence-corrected chi connectivity index (χ1v) is 6.63. The normalized spacial score (nSPS) is 19.4. The van der Waals surface area contributed by atoms with E-state index in [1.165, 1.54) is 17.5 Å². The van der Waals surface area contributed by atoms with Crippen LogP contribution < -0.4 is 10.1 Å². The molecule has 1 saturated heterocycles. The molecule has 1 unspecified atom stereocenters. The van der Waals surface area contributed by atoms with E-state index in [4.69, 9.17) is 4.74 Å². The summed E-state index contributed by atoms with van der Waals surface area (Å²) in [5.41, 5.74) is 0.359. The first-order chi connectivity index (χ1) is 9.09. The molecular weight excluding hydrogens is 248 g/mol. The molecule has 1 N–H and O–H groups in total. The molecule has 1 aliphatic rings. The van der Waals surface area contributed by atoms with Crippen molar-refractivity contribution in [3.8, 4) is 5.88 Å². The third kappa shape index (κ3) is 3.23. The Morgan fingerprint density at radius 2 is 2.37 bits per heavy atom. The van der Waals surface area contributed by atoms with E-state index >= 15 is 0 Å². The molecule has 19 heavy (non-hydrogen) atoms. The lowest BCUT2D eigenvalue weighted by molar-refractivity contribution is -0.386. The average molecular weight is 268 g/mol. The van der Waals surface area contributed by atoms with Crippen molar-refractivity contribution in [2.24, 2.45) is 7.05 Å². The van der Waals surface area contributed by atoms with Crippen LogP contribution in [0.15, 0.2) is 0 Å². The second kappa shape index (κ2) is 6.01. The van der Waals surface area contributed by atoms with Crippen molar-refractivity contribution in [1.82, 2.24) is 15.1 Å². The lowest BCUT2D eigenvalue weighted by atomic mass is 10.0. The van der Waals surface area contributed by atoms with E-state index < -0.39 is 4.92 Å². The number of nitrogens with zero attached hydrogens (tertiary/aromatic N) is 3. The van der Waals surface area contributed by atoms with Crippen LogP contribution in [0.25, 0.3) is 0 Å². The topological polar surface area (TPSA) is 82.2 Å². The third-order valence-corrected chi connectivity index (χ3v) is 3.44. The van der Waals surface area contributed by atoms with E-state index in [-0.39, 0.29) is 11.6 Å². The molecule has 2 rings (SSSR count). The molecule has 7 nitrogen and oxygen atoms in total. The minimum atomic E-state index is -0.434. The van der Waals surface area contributed by atoms with Crippen molar-refractivity contribution in [3.05, 3.63) is 15.8 Å². The summed E-state index contributed by atoms with van der Waals surface area (Å²) < 4.78 is 7.00. The zero-order valence-electron chi connectivity index (χ0n) is 11.4. The predicted octanol–water partition coefficient (Wildman–Crippen LogP) is 1.55. The summed E-state index contributed by atoms with van der Waals surface area (Å²) >= 11 is 0. The molecule has 1 fully saturated rings. The quantitative estimate of drug-likeness (QED) is 0.647. The molecule has 0 amide bonds. The molecule has 1 aliphatic heterocycles. The van der Waals surface area contributed by atoms with Crippen molar-refractivity contribution in [3.63, 3.8) is 0 Å². The summed E-state index contributed by atoms with van der Waals surface area (Å²) in [6, 6.07) is 0.460. The number of hydrogen-bond acceptors (Lipinski definition) is 5. The zero-order chi connectivity index (χ0) is 13.8. The van der Waals surface area contributed by atoms with Crippen LogP contribution in [-0.2, 0) is 7.05 Å². The maximum Gasteiger partial charge on any atom is 0.353 e. The number of aromatic nitrogens is 2. The van der Waals surface area contributed by atoms with Crippen LogP contribution in [0.2, 0.25) is 0 Å². The molecule has 0 aromatic carbocycles. The molecule has 0 bridgehead atoms. The van der Waals surface area contributed by atoms with Crippen LogP contribution in [0, 0.1) is 17.0 Å². The molecule has 1 atom stereocenters. The van der Waals surface area contributed by atoms with Crippen LogP contribution in [0.5, 0.6) is 5.88 Å². The minimum absolute atomic E-state index is 0.0286. The number of aryl methyl sites for hydroxylation is 2. The summed E-state index contributed by atoms with van der Waals surface area (Å²) in [6.45, 7) is 3.14. The summed E-state index contributed by atoms with van der Waals surface area (Å²) in [5, 5.41) is 18.4. The highest BCUT2D eigenvalue weighted by atomic mass is 16.6. The molecule has 0 radical (unpaired) electrons. The van der Waals surface area contributed by atoms with Gasteiger partial charge in [-0.05, 0) is 32.7 Å². The zero-order valence-corrected chi connectivity index (χ0v) is 11.4. The Morgan fingerprint density at radius 3 is 3.00 bits per heavy atom. The first kappa shape index (κ1) is 13.8. The number of piperidine rings is 1. The van der Waals surface area contributed by atoms with Crippen molar-refractivity contribution in [1.29, 1.82) is 0 Å². The minimum Gasteiger partial charge on any atom is -0.473 e. The summed E-state index contributed by atoms with van der Waals surface area (Å²) in [7, 11) is 1.66. The van der Waals surface area contributed by atoms with Gasteiger partial charge in [-0.3, -0.25) is 10.1 Å². The Morgan fingerprint density at radius 1 is 1.58 bits per heavy atom. The van der Waals surface area contributed by atoms with Crippen LogP contribution in [-0.4, -0.2) is 33.9 Å². The summed E-state index contributed by atoms with van der Waals surface area (Å²) in [5.74, 6) is 0.248. The number of nitrogens with one attached hydrogen (secondary N) is 1. The number of ether oxygens (including phenoxy) is 1. The van der Waals surface area contributed by atoms with Crippen molar-refractivity contribution in [2.75, 3.05) is 13.2 Å². The second-order valence-electron chi connectivity index (χ2n) is 4.90. The third-order valence-electron chi connectivity index (χ3n) is 3.44. The number of rotatable bonds is 5. The van der Waals surface area contributed by atoms with E-state index in [9.17, 15) is 10.1 Å². The van der Waals surface area contributed by atoms with Crippen molar-refractivity contribution < 1.29 is 9.66 Å². The lowest BCUT2D eigenvalue weighted by Gasteiger charge is -2.23. The van der Waals surface area contributed by atoms with Gasteiger partial charge in [0.1, 0.15) is 5.69 Å². The molecule has 0 saturated carbocycles. The molecular formula is C12H20N4O3. The van der Waals surface area contributed by atoms with Gasteiger partial charge in [-0.15, -0.1) is 0 Å². The van der Waals surface area contributed by atoms with E-state index in [1.54, 1.807) is 14.0 Å². The highest BCUT2D eigenvalue weighted by Crippen LogP contribution is 2.29. The van der Waals surface area contributed by atoms with Crippen molar-refractivity contribution in [2.45, 2.75) is 38.6 Å². The largest absolute Gasteiger partial charge is 0.473 e. The van der Waals surface area contributed by atoms with Gasteiger partial charge in [0.05, 0.1) is 11.5 Å². The lowest BCUT2D eigenvalue weighted by Crippen LogP contribution is -2.35. The van der Waals surface area contributed by atoms with Crippen molar-refractivity contribution >= 4 is 5.69 Å². The second-order valence-corrected chi connectivity index (χ2v) is 4.90. The van der Waals surface area contributed by atoms with Gasteiger partial charge in [-0.2, -0.15) is 5.10 Å². The Kier molecular flexibility index (Phi) is 4.36. The van der Waals surface area contributed by atoms with Gasteiger partial charge in [0, 0.05) is 13.1 Å². The number of nitro groups is 1. The highest BCUT2D eigenvalue weighted by Gasteiger charge is 2.25. The van der Waals surface area contributed by atoms with E-state index in [0.717, 1.165) is 19.4 Å². The monoisotopic (exact) mass is 268 g/mol. The maximum atomic E-state index is 11.0. The fourth-order valence-electron chi connectivity index (χ4n) is 2.47. The molecule has 1 aromatic rings. The molecule has 0 aliphatic carbocycles. The Hall–Kier alpha value is -1.63. The molecule has 1 aromatic heterocycles. The van der Waals surface area contributed by atoms with Crippen LogP contribution in [0.1, 0.15) is 31.4 Å². The molecule has 106 valence electrons. The van der Waals surface area contributed by atoms with Gasteiger partial charge in [-0.25, -0.2) is 4.68 Å². The average Bonchev–Trinajstić information content (AvgIpc) is 2.65. The van der Waals surface area contributed by atoms with E-state index in [1.807, 2.05) is 0 Å². The highest BCUT2D eigenvalue weighted by molar-refractivity contribution is 5.45. The van der Waals surface area contributed by atoms with Gasteiger partial charge in [-0.1, -0.05) is 6.42 Å². The first-order valence-electron chi connectivity index (χ1n) is 6.63. The molecule has 0 spiro atoms. The maximum absolute atomic E-state index is 11.0.